The molecule has 2 aliphatic rings. The minimum atomic E-state index is -3.30. The van der Waals surface area contributed by atoms with E-state index in [2.05, 4.69) is 18.1 Å². The van der Waals surface area contributed by atoms with Crippen LogP contribution < -0.4 is 0 Å². The third kappa shape index (κ3) is 3.84. The molecule has 2 aliphatic carbocycles. The van der Waals surface area contributed by atoms with Gasteiger partial charge < -0.3 is 4.74 Å². The number of hydrogen-bond donors (Lipinski definition) is 0. The van der Waals surface area contributed by atoms with Gasteiger partial charge in [-0.1, -0.05) is 12.5 Å². The van der Waals surface area contributed by atoms with Crippen molar-refractivity contribution >= 4 is 16.1 Å². The van der Waals surface area contributed by atoms with Crippen LogP contribution >= 0.6 is 0 Å². The molecule has 0 saturated heterocycles. The highest BCUT2D eigenvalue weighted by Gasteiger charge is 2.46. The molecule has 6 nitrogen and oxygen atoms in total. The van der Waals surface area contributed by atoms with E-state index in [1.165, 1.54) is 24.0 Å². The van der Waals surface area contributed by atoms with Crippen LogP contribution in [-0.2, 0) is 21.2 Å². The van der Waals surface area contributed by atoms with Crippen LogP contribution in [-0.4, -0.2) is 55.6 Å². The first-order valence-electron chi connectivity index (χ1n) is 10.2. The first kappa shape index (κ1) is 21.2. The largest absolute Gasteiger partial charge is 0.383 e. The molecule has 1 aromatic carbocycles. The predicted octanol–water partition coefficient (Wildman–Crippen LogP) is 3.28. The van der Waals surface area contributed by atoms with E-state index in [9.17, 15) is 12.8 Å². The lowest BCUT2D eigenvalue weighted by atomic mass is 9.70. The van der Waals surface area contributed by atoms with Crippen LogP contribution in [0.4, 0.5) is 4.39 Å². The Bertz CT molecular complexity index is 1060. The van der Waals surface area contributed by atoms with Gasteiger partial charge in [0.25, 0.3) is 0 Å². The Labute approximate surface area is 177 Å². The Hall–Kier alpha value is -2.03. The molecule has 4 rings (SSSR count). The Morgan fingerprint density at radius 3 is 2.73 bits per heavy atom. The van der Waals surface area contributed by atoms with Crippen molar-refractivity contribution in [3.05, 3.63) is 53.1 Å². The maximum Gasteiger partial charge on any atom is 0.211 e. The second-order valence-electron chi connectivity index (χ2n) is 8.56. The smallest absolute Gasteiger partial charge is 0.211 e. The minimum absolute atomic E-state index is 0.0975. The number of rotatable bonds is 7. The topological polar surface area (TPSA) is 64.4 Å². The number of nitrogens with zero attached hydrogens (tertiary/aromatic N) is 3. The van der Waals surface area contributed by atoms with Crippen molar-refractivity contribution in [3.8, 4) is 5.69 Å². The number of methoxy groups -OCH3 is 1. The lowest BCUT2D eigenvalue weighted by Crippen LogP contribution is -2.41. The summed E-state index contributed by atoms with van der Waals surface area (Å²) >= 11 is 0. The summed E-state index contributed by atoms with van der Waals surface area (Å²) in [7, 11) is -1.72. The predicted molar refractivity (Wildman–Crippen MR) is 114 cm³/mol. The first-order chi connectivity index (χ1) is 14.2. The van der Waals surface area contributed by atoms with Crippen molar-refractivity contribution in [1.82, 2.24) is 14.1 Å². The molecule has 0 spiro atoms. The summed E-state index contributed by atoms with van der Waals surface area (Å²) in [6, 6.07) is 6.34. The fraction of sp³-hybridized carbons (Fsp3) is 0.500. The number of ether oxygens (including phenoxy) is 1. The highest BCUT2D eigenvalue weighted by atomic mass is 32.2. The lowest BCUT2D eigenvalue weighted by molar-refractivity contribution is 0.159. The second-order valence-corrected chi connectivity index (χ2v) is 10.5. The summed E-state index contributed by atoms with van der Waals surface area (Å²) < 4.78 is 46.4. The molecule has 0 bridgehead atoms. The van der Waals surface area contributed by atoms with Crippen molar-refractivity contribution in [2.24, 2.45) is 11.3 Å². The molecule has 0 amide bonds. The quantitative estimate of drug-likeness (QED) is 0.672. The van der Waals surface area contributed by atoms with E-state index in [1.54, 1.807) is 23.5 Å². The molecule has 8 heteroatoms. The van der Waals surface area contributed by atoms with E-state index in [0.29, 0.717) is 19.7 Å². The van der Waals surface area contributed by atoms with Gasteiger partial charge >= 0.3 is 0 Å². The first-order valence-corrected chi connectivity index (χ1v) is 12.0. The number of benzene rings is 1. The van der Waals surface area contributed by atoms with Crippen LogP contribution in [0.2, 0.25) is 0 Å². The average molecular weight is 434 g/mol. The fourth-order valence-electron chi connectivity index (χ4n) is 4.85. The molecule has 1 saturated carbocycles. The van der Waals surface area contributed by atoms with Gasteiger partial charge in [0.15, 0.2) is 0 Å². The van der Waals surface area contributed by atoms with E-state index < -0.39 is 10.0 Å². The summed E-state index contributed by atoms with van der Waals surface area (Å²) in [4.78, 5) is 0. The molecule has 0 aliphatic heterocycles. The van der Waals surface area contributed by atoms with Gasteiger partial charge in [0.05, 0.1) is 30.4 Å². The number of sulfonamides is 1. The molecule has 1 heterocycles. The van der Waals surface area contributed by atoms with Gasteiger partial charge in [-0.15, -0.1) is 0 Å². The van der Waals surface area contributed by atoms with Crippen LogP contribution in [0.15, 0.2) is 36.0 Å². The zero-order chi connectivity index (χ0) is 21.5. The minimum Gasteiger partial charge on any atom is -0.383 e. The summed E-state index contributed by atoms with van der Waals surface area (Å²) in [5.74, 6) is -0.0362. The van der Waals surface area contributed by atoms with E-state index in [0.717, 1.165) is 36.2 Å². The van der Waals surface area contributed by atoms with Gasteiger partial charge in [-0.25, -0.2) is 17.5 Å². The number of fused-ring (bicyclic) bond motifs is 2. The van der Waals surface area contributed by atoms with Crippen molar-refractivity contribution in [2.45, 2.75) is 26.2 Å². The second kappa shape index (κ2) is 7.90. The zero-order valence-electron chi connectivity index (χ0n) is 17.6. The molecule has 1 fully saturated rings. The molecule has 162 valence electrons. The summed E-state index contributed by atoms with van der Waals surface area (Å²) in [5, 5.41) is 4.55. The molecule has 0 radical (unpaired) electrons. The number of halogens is 1. The molecule has 1 aromatic heterocycles. The Kier molecular flexibility index (Phi) is 5.59. The highest BCUT2D eigenvalue weighted by molar-refractivity contribution is 7.88. The maximum atomic E-state index is 13.3. The number of aromatic nitrogens is 2. The van der Waals surface area contributed by atoms with Gasteiger partial charge in [0.2, 0.25) is 10.0 Å². The van der Waals surface area contributed by atoms with Crippen molar-refractivity contribution in [2.75, 3.05) is 33.1 Å². The zero-order valence-corrected chi connectivity index (χ0v) is 18.5. The third-order valence-corrected chi connectivity index (χ3v) is 7.93. The van der Waals surface area contributed by atoms with Crippen molar-refractivity contribution in [3.63, 3.8) is 0 Å². The van der Waals surface area contributed by atoms with Crippen LogP contribution in [0, 0.1) is 17.2 Å². The van der Waals surface area contributed by atoms with Crippen molar-refractivity contribution in [1.29, 1.82) is 0 Å². The molecule has 2 atom stereocenters. The van der Waals surface area contributed by atoms with E-state index in [-0.39, 0.29) is 17.2 Å². The molecule has 30 heavy (non-hydrogen) atoms. The van der Waals surface area contributed by atoms with Gasteiger partial charge in [-0.3, -0.25) is 0 Å². The van der Waals surface area contributed by atoms with Gasteiger partial charge in [0, 0.05) is 20.2 Å². The summed E-state index contributed by atoms with van der Waals surface area (Å²) in [5.41, 5.74) is 4.24. The fourth-order valence-corrected chi connectivity index (χ4v) is 5.70. The Morgan fingerprint density at radius 1 is 1.33 bits per heavy atom. The lowest BCUT2D eigenvalue weighted by Gasteiger charge is -2.38. The van der Waals surface area contributed by atoms with Crippen molar-refractivity contribution < 1.29 is 17.5 Å². The summed E-state index contributed by atoms with van der Waals surface area (Å²) in [6.45, 7) is 3.49. The third-order valence-electron chi connectivity index (χ3n) is 6.66. The van der Waals surface area contributed by atoms with Gasteiger partial charge in [0.1, 0.15) is 5.82 Å². The number of hydrogen-bond acceptors (Lipinski definition) is 4. The molecule has 0 N–H and O–H groups in total. The molecule has 2 aromatic rings. The molecular weight excluding hydrogens is 405 g/mol. The van der Waals surface area contributed by atoms with E-state index in [1.807, 2.05) is 10.9 Å². The van der Waals surface area contributed by atoms with E-state index in [4.69, 9.17) is 4.74 Å². The normalized spacial score (nSPS) is 23.4. The van der Waals surface area contributed by atoms with Gasteiger partial charge in [-0.2, -0.15) is 9.40 Å². The highest BCUT2D eigenvalue weighted by Crippen LogP contribution is 2.53. The SMILES string of the molecule is COCCN(C[C@H]1CCC2=Cc3c(cnn3-c3ccc(F)cc3)C[C@@]21C)S(C)(=O)=O. The van der Waals surface area contributed by atoms with Crippen LogP contribution in [0.5, 0.6) is 0 Å². The van der Waals surface area contributed by atoms with Crippen LogP contribution in [0.1, 0.15) is 31.0 Å². The molecule has 0 unspecified atom stereocenters. The molecular formula is C22H28FN3O3S. The monoisotopic (exact) mass is 433 g/mol. The Balaban J connectivity index is 1.61. The standard InChI is InChI=1S/C22H28FN3O3S/c1-22-13-16-14-24-26(20-8-6-19(23)7-9-20)21(16)12-17(22)4-5-18(22)15-25(10-11-29-2)30(3,27)28/h6-9,12,14,18H,4-5,10-11,13,15H2,1-3H3/t18-,22+/m1/s1. The van der Waals surface area contributed by atoms with Gasteiger partial charge in [-0.05, 0) is 66.5 Å². The average Bonchev–Trinajstić information content (AvgIpc) is 3.23. The van der Waals surface area contributed by atoms with E-state index >= 15 is 0 Å². The van der Waals surface area contributed by atoms with Crippen LogP contribution in [0.3, 0.4) is 0 Å². The number of allylic oxidation sites excluding steroid dienone is 1. The Morgan fingerprint density at radius 2 is 2.07 bits per heavy atom. The van der Waals surface area contributed by atoms with Crippen LogP contribution in [0.25, 0.3) is 11.8 Å². The maximum absolute atomic E-state index is 13.3. The summed E-state index contributed by atoms with van der Waals surface area (Å²) in [6.07, 6.45) is 8.07.